The Labute approximate surface area is 147 Å². The van der Waals surface area contributed by atoms with Gasteiger partial charge in [-0.3, -0.25) is 9.59 Å². The molecule has 1 atom stereocenters. The summed E-state index contributed by atoms with van der Waals surface area (Å²) in [5.74, 6) is 0.00104. The molecule has 25 heavy (non-hydrogen) atoms. The van der Waals surface area contributed by atoms with Gasteiger partial charge in [0.15, 0.2) is 11.5 Å². The Balaban J connectivity index is 1.54. The molecule has 2 fully saturated rings. The zero-order valence-electron chi connectivity index (χ0n) is 14.1. The summed E-state index contributed by atoms with van der Waals surface area (Å²) in [6.45, 7) is 1.85. The van der Waals surface area contributed by atoms with E-state index in [1.807, 2.05) is 0 Å². The van der Waals surface area contributed by atoms with Crippen LogP contribution in [0, 0.1) is 11.8 Å². The van der Waals surface area contributed by atoms with Crippen molar-refractivity contribution in [1.29, 1.82) is 0 Å². The van der Waals surface area contributed by atoms with Crippen LogP contribution in [0.25, 0.3) is 6.08 Å². The van der Waals surface area contributed by atoms with Crippen molar-refractivity contribution in [2.75, 3.05) is 19.6 Å². The first kappa shape index (κ1) is 17.3. The molecule has 3 rings (SSSR count). The van der Waals surface area contributed by atoms with Crippen LogP contribution in [0.1, 0.15) is 31.2 Å². The molecule has 2 amide bonds. The number of carbonyl (C=O) groups is 2. The molecule has 1 aliphatic carbocycles. The second-order valence-corrected chi connectivity index (χ2v) is 6.89. The second kappa shape index (κ2) is 7.59. The summed E-state index contributed by atoms with van der Waals surface area (Å²) < 4.78 is 0. The summed E-state index contributed by atoms with van der Waals surface area (Å²) in [5.41, 5.74) is 0.624. The lowest BCUT2D eigenvalue weighted by Gasteiger charge is -2.31. The molecule has 6 nitrogen and oxygen atoms in total. The van der Waals surface area contributed by atoms with Crippen LogP contribution < -0.4 is 5.32 Å². The molecule has 0 radical (unpaired) electrons. The smallest absolute Gasteiger partial charge is 0.246 e. The third-order valence-corrected chi connectivity index (χ3v) is 4.78. The SMILES string of the molecule is O=C(NCC1CC1)[C@@H]1CCCN(C(=O)/C=C/c2ccc(O)c(O)c2)C1. The van der Waals surface area contributed by atoms with Crippen LogP contribution in [0.5, 0.6) is 11.5 Å². The molecule has 134 valence electrons. The van der Waals surface area contributed by atoms with Gasteiger partial charge in [0.2, 0.25) is 11.8 Å². The fourth-order valence-electron chi connectivity index (χ4n) is 3.02. The lowest BCUT2D eigenvalue weighted by Crippen LogP contribution is -2.45. The van der Waals surface area contributed by atoms with E-state index in [9.17, 15) is 19.8 Å². The van der Waals surface area contributed by atoms with Gasteiger partial charge in [-0.15, -0.1) is 0 Å². The van der Waals surface area contributed by atoms with Gasteiger partial charge in [-0.05, 0) is 55.4 Å². The highest BCUT2D eigenvalue weighted by Crippen LogP contribution is 2.28. The van der Waals surface area contributed by atoms with Gasteiger partial charge in [-0.2, -0.15) is 0 Å². The number of aromatic hydroxyl groups is 2. The van der Waals surface area contributed by atoms with Crippen LogP contribution in [-0.2, 0) is 9.59 Å². The Hall–Kier alpha value is -2.50. The number of phenols is 2. The molecule has 6 heteroatoms. The molecule has 1 saturated heterocycles. The highest BCUT2D eigenvalue weighted by molar-refractivity contribution is 5.92. The summed E-state index contributed by atoms with van der Waals surface area (Å²) >= 11 is 0. The number of hydrogen-bond donors (Lipinski definition) is 3. The number of phenolic OH excluding ortho intramolecular Hbond substituents is 2. The average Bonchev–Trinajstić information content (AvgIpc) is 3.45. The number of nitrogens with one attached hydrogen (secondary N) is 1. The molecule has 0 aromatic heterocycles. The summed E-state index contributed by atoms with van der Waals surface area (Å²) in [5, 5.41) is 21.8. The van der Waals surface area contributed by atoms with E-state index in [1.54, 1.807) is 17.0 Å². The van der Waals surface area contributed by atoms with Gasteiger partial charge in [-0.25, -0.2) is 0 Å². The molecular formula is C19H24N2O4. The molecule has 0 unspecified atom stereocenters. The molecule has 1 aromatic rings. The van der Waals surface area contributed by atoms with Crippen molar-refractivity contribution >= 4 is 17.9 Å². The molecule has 0 bridgehead atoms. The third kappa shape index (κ3) is 4.75. The lowest BCUT2D eigenvalue weighted by molar-refractivity contribution is -0.132. The summed E-state index contributed by atoms with van der Waals surface area (Å²) in [4.78, 5) is 26.3. The van der Waals surface area contributed by atoms with Crippen LogP contribution in [0.15, 0.2) is 24.3 Å². The first-order chi connectivity index (χ1) is 12.0. The normalized spacial score (nSPS) is 20.6. The van der Waals surface area contributed by atoms with Gasteiger partial charge in [0, 0.05) is 25.7 Å². The lowest BCUT2D eigenvalue weighted by atomic mass is 9.97. The van der Waals surface area contributed by atoms with E-state index in [2.05, 4.69) is 5.32 Å². The Bertz CT molecular complexity index is 682. The first-order valence-corrected chi connectivity index (χ1v) is 8.79. The van der Waals surface area contributed by atoms with Crippen LogP contribution in [0.3, 0.4) is 0 Å². The zero-order valence-corrected chi connectivity index (χ0v) is 14.1. The number of hydrogen-bond acceptors (Lipinski definition) is 4. The largest absolute Gasteiger partial charge is 0.504 e. The minimum atomic E-state index is -0.222. The predicted molar refractivity (Wildman–Crippen MR) is 93.8 cm³/mol. The maximum absolute atomic E-state index is 12.4. The third-order valence-electron chi connectivity index (χ3n) is 4.78. The quantitative estimate of drug-likeness (QED) is 0.562. The number of piperidine rings is 1. The van der Waals surface area contributed by atoms with Gasteiger partial charge < -0.3 is 20.4 Å². The van der Waals surface area contributed by atoms with Crippen molar-refractivity contribution in [3.05, 3.63) is 29.8 Å². The number of nitrogens with zero attached hydrogens (tertiary/aromatic N) is 1. The van der Waals surface area contributed by atoms with Crippen LogP contribution >= 0.6 is 0 Å². The van der Waals surface area contributed by atoms with Crippen LogP contribution in [0.2, 0.25) is 0 Å². The zero-order chi connectivity index (χ0) is 17.8. The van der Waals surface area contributed by atoms with E-state index >= 15 is 0 Å². The average molecular weight is 344 g/mol. The van der Waals surface area contributed by atoms with E-state index in [-0.39, 0.29) is 29.2 Å². The molecular weight excluding hydrogens is 320 g/mol. The van der Waals surface area contributed by atoms with Crippen molar-refractivity contribution in [3.63, 3.8) is 0 Å². The van der Waals surface area contributed by atoms with Crippen molar-refractivity contribution in [2.45, 2.75) is 25.7 Å². The predicted octanol–water partition coefficient (Wildman–Crippen LogP) is 1.88. The van der Waals surface area contributed by atoms with Gasteiger partial charge in [-0.1, -0.05) is 6.07 Å². The summed E-state index contributed by atoms with van der Waals surface area (Å²) in [6.07, 6.45) is 7.08. The number of benzene rings is 1. The van der Waals surface area contributed by atoms with E-state index in [0.29, 0.717) is 24.6 Å². The van der Waals surface area contributed by atoms with Crippen molar-refractivity contribution in [1.82, 2.24) is 10.2 Å². The standard InChI is InChI=1S/C19H24N2O4/c22-16-7-5-13(10-17(16)23)6-8-18(24)21-9-1-2-15(12-21)19(25)20-11-14-3-4-14/h5-8,10,14-15,22-23H,1-4,9,11-12H2,(H,20,25)/b8-6+/t15-/m1/s1. The van der Waals surface area contributed by atoms with E-state index < -0.39 is 0 Å². The second-order valence-electron chi connectivity index (χ2n) is 6.89. The number of carbonyl (C=O) groups excluding carboxylic acids is 2. The van der Waals surface area contributed by atoms with E-state index in [1.165, 1.54) is 31.1 Å². The van der Waals surface area contributed by atoms with Crippen LogP contribution in [0.4, 0.5) is 0 Å². The number of rotatable bonds is 5. The maximum Gasteiger partial charge on any atom is 0.246 e. The molecule has 1 saturated carbocycles. The fourth-order valence-corrected chi connectivity index (χ4v) is 3.02. The van der Waals surface area contributed by atoms with Gasteiger partial charge >= 0.3 is 0 Å². The first-order valence-electron chi connectivity index (χ1n) is 8.79. The molecule has 1 heterocycles. The Morgan fingerprint density at radius 1 is 1.20 bits per heavy atom. The molecule has 2 aliphatic rings. The van der Waals surface area contributed by atoms with E-state index in [0.717, 1.165) is 19.4 Å². The van der Waals surface area contributed by atoms with Crippen molar-refractivity contribution < 1.29 is 19.8 Å². The van der Waals surface area contributed by atoms with Gasteiger partial charge in [0.1, 0.15) is 0 Å². The highest BCUT2D eigenvalue weighted by atomic mass is 16.3. The maximum atomic E-state index is 12.4. The molecule has 3 N–H and O–H groups in total. The van der Waals surface area contributed by atoms with Gasteiger partial charge in [0.05, 0.1) is 5.92 Å². The molecule has 0 spiro atoms. The minimum Gasteiger partial charge on any atom is -0.504 e. The monoisotopic (exact) mass is 344 g/mol. The summed E-state index contributed by atoms with van der Waals surface area (Å²) in [6, 6.07) is 4.38. The minimum absolute atomic E-state index is 0.0526. The highest BCUT2D eigenvalue weighted by Gasteiger charge is 2.29. The molecule has 1 aliphatic heterocycles. The fraction of sp³-hybridized carbons (Fsp3) is 0.474. The Morgan fingerprint density at radius 3 is 2.72 bits per heavy atom. The van der Waals surface area contributed by atoms with Crippen LogP contribution in [-0.4, -0.2) is 46.6 Å². The van der Waals surface area contributed by atoms with Crippen molar-refractivity contribution in [2.24, 2.45) is 11.8 Å². The topological polar surface area (TPSA) is 89.9 Å². The Kier molecular flexibility index (Phi) is 5.26. The molecule has 1 aromatic carbocycles. The van der Waals surface area contributed by atoms with E-state index in [4.69, 9.17) is 0 Å². The number of amides is 2. The summed E-state index contributed by atoms with van der Waals surface area (Å²) in [7, 11) is 0. The van der Waals surface area contributed by atoms with Gasteiger partial charge in [0.25, 0.3) is 0 Å². The van der Waals surface area contributed by atoms with Crippen molar-refractivity contribution in [3.8, 4) is 11.5 Å². The Morgan fingerprint density at radius 2 is 2.00 bits per heavy atom. The number of likely N-dealkylation sites (tertiary alicyclic amines) is 1.